The molecule has 0 radical (unpaired) electrons. The highest BCUT2D eigenvalue weighted by molar-refractivity contribution is 6.30. The van der Waals surface area contributed by atoms with Crippen molar-refractivity contribution < 1.29 is 9.53 Å². The number of hydrogen-bond donors (Lipinski definition) is 2. The number of urea groups is 1. The molecule has 0 aliphatic rings. The van der Waals surface area contributed by atoms with Gasteiger partial charge in [0.1, 0.15) is 17.6 Å². The molecule has 2 N–H and O–H groups in total. The fraction of sp³-hybridized carbons (Fsp3) is 0.238. The average Bonchev–Trinajstić information content (AvgIpc) is 3.12. The Morgan fingerprint density at radius 3 is 2.79 bits per heavy atom. The molecule has 1 heterocycles. The number of benzene rings is 2. The number of aromatic nitrogens is 2. The van der Waals surface area contributed by atoms with Crippen molar-refractivity contribution in [2.45, 2.75) is 12.5 Å². The number of nitrogens with one attached hydrogen (secondary N) is 2. The van der Waals surface area contributed by atoms with E-state index in [1.165, 1.54) is 0 Å². The predicted octanol–water partition coefficient (Wildman–Crippen LogP) is 3.71. The minimum Gasteiger partial charge on any atom is -0.496 e. The topological polar surface area (TPSA) is 68.2 Å². The predicted molar refractivity (Wildman–Crippen MR) is 110 cm³/mol. The Bertz CT molecular complexity index is 941. The third-order valence-electron chi connectivity index (χ3n) is 4.43. The lowest BCUT2D eigenvalue weighted by Gasteiger charge is -2.21. The number of carbonyl (C=O) groups excluding carboxylic acids is 1. The number of nitrogens with zero attached hydrogens (tertiary/aromatic N) is 2. The van der Waals surface area contributed by atoms with Crippen LogP contribution in [0, 0.1) is 0 Å². The van der Waals surface area contributed by atoms with Crippen molar-refractivity contribution in [2.75, 3.05) is 13.7 Å². The van der Waals surface area contributed by atoms with E-state index in [1.54, 1.807) is 13.3 Å². The van der Waals surface area contributed by atoms with Crippen LogP contribution < -0.4 is 15.4 Å². The molecule has 0 saturated carbocycles. The van der Waals surface area contributed by atoms with E-state index in [-0.39, 0.29) is 6.03 Å². The van der Waals surface area contributed by atoms with Gasteiger partial charge in [0, 0.05) is 36.6 Å². The van der Waals surface area contributed by atoms with Gasteiger partial charge in [-0.2, -0.15) is 0 Å². The van der Waals surface area contributed by atoms with Crippen LogP contribution in [-0.4, -0.2) is 29.2 Å². The van der Waals surface area contributed by atoms with E-state index in [2.05, 4.69) is 15.6 Å². The van der Waals surface area contributed by atoms with E-state index in [0.29, 0.717) is 23.7 Å². The average molecular weight is 399 g/mol. The number of rotatable bonds is 7. The highest BCUT2D eigenvalue weighted by atomic mass is 35.5. The normalized spacial score (nSPS) is 11.7. The Morgan fingerprint density at radius 1 is 1.25 bits per heavy atom. The van der Waals surface area contributed by atoms with Crippen LogP contribution in [0.15, 0.2) is 60.9 Å². The van der Waals surface area contributed by atoms with Gasteiger partial charge in [-0.25, -0.2) is 9.78 Å². The van der Waals surface area contributed by atoms with Crippen molar-refractivity contribution in [1.29, 1.82) is 0 Å². The summed E-state index contributed by atoms with van der Waals surface area (Å²) in [5.41, 5.74) is 1.91. The third-order valence-corrected chi connectivity index (χ3v) is 4.67. The minimum atomic E-state index is -0.442. The molecule has 3 rings (SSSR count). The molecule has 1 unspecified atom stereocenters. The first-order valence-corrected chi connectivity index (χ1v) is 9.35. The number of aryl methyl sites for hydroxylation is 1. The summed E-state index contributed by atoms with van der Waals surface area (Å²) in [6, 6.07) is 14.5. The maximum absolute atomic E-state index is 12.6. The van der Waals surface area contributed by atoms with Crippen LogP contribution in [0.3, 0.4) is 0 Å². The smallest absolute Gasteiger partial charge is 0.315 e. The van der Waals surface area contributed by atoms with Crippen LogP contribution in [0.4, 0.5) is 4.79 Å². The summed E-state index contributed by atoms with van der Waals surface area (Å²) in [6.07, 6.45) is 4.24. The van der Waals surface area contributed by atoms with Gasteiger partial charge in [0.15, 0.2) is 0 Å². The summed E-state index contributed by atoms with van der Waals surface area (Å²) in [5.74, 6) is 1.41. The Balaban J connectivity index is 1.71. The Labute approximate surface area is 169 Å². The number of imidazole rings is 1. The highest BCUT2D eigenvalue weighted by Gasteiger charge is 2.23. The first-order valence-electron chi connectivity index (χ1n) is 8.97. The first kappa shape index (κ1) is 19.8. The van der Waals surface area contributed by atoms with Crippen LogP contribution in [0.1, 0.15) is 23.0 Å². The van der Waals surface area contributed by atoms with Crippen LogP contribution in [-0.2, 0) is 13.5 Å². The Morgan fingerprint density at radius 2 is 2.07 bits per heavy atom. The molecule has 0 aliphatic heterocycles. The van der Waals surface area contributed by atoms with Crippen molar-refractivity contribution in [2.24, 2.45) is 7.05 Å². The molecule has 2 aromatic carbocycles. The van der Waals surface area contributed by atoms with Gasteiger partial charge in [0.25, 0.3) is 0 Å². The van der Waals surface area contributed by atoms with Gasteiger partial charge in [-0.1, -0.05) is 41.9 Å². The number of carbonyl (C=O) groups is 1. The maximum atomic E-state index is 12.6. The second kappa shape index (κ2) is 9.28. The number of hydrogen-bond acceptors (Lipinski definition) is 3. The van der Waals surface area contributed by atoms with Crippen molar-refractivity contribution in [3.63, 3.8) is 0 Å². The molecule has 0 bridgehead atoms. The van der Waals surface area contributed by atoms with Crippen LogP contribution in [0.2, 0.25) is 5.02 Å². The molecule has 146 valence electrons. The highest BCUT2D eigenvalue weighted by Crippen LogP contribution is 2.28. The van der Waals surface area contributed by atoms with E-state index in [1.807, 2.05) is 66.3 Å². The van der Waals surface area contributed by atoms with Crippen LogP contribution in [0.5, 0.6) is 5.75 Å². The monoisotopic (exact) mass is 398 g/mol. The van der Waals surface area contributed by atoms with Crippen molar-refractivity contribution in [3.05, 3.63) is 82.9 Å². The molecule has 28 heavy (non-hydrogen) atoms. The van der Waals surface area contributed by atoms with Gasteiger partial charge < -0.3 is 19.9 Å². The number of halogens is 1. The second-order valence-electron chi connectivity index (χ2n) is 6.35. The van der Waals surface area contributed by atoms with Crippen LogP contribution >= 0.6 is 11.6 Å². The lowest BCUT2D eigenvalue weighted by Crippen LogP contribution is -2.40. The standard InChI is InChI=1S/C21H23ClN4O2/c1-26-13-12-23-20(26)19(17-8-3-4-9-18(17)28-2)25-21(27)24-11-10-15-6-5-7-16(22)14-15/h3-9,12-14,19H,10-11H2,1-2H3,(H2,24,25,27). The summed E-state index contributed by atoms with van der Waals surface area (Å²) >= 11 is 6.00. The van der Waals surface area contributed by atoms with Gasteiger partial charge in [-0.3, -0.25) is 0 Å². The lowest BCUT2D eigenvalue weighted by atomic mass is 10.0. The zero-order valence-corrected chi connectivity index (χ0v) is 16.6. The molecular formula is C21H23ClN4O2. The van der Waals surface area contributed by atoms with Gasteiger partial charge in [-0.15, -0.1) is 0 Å². The first-order chi connectivity index (χ1) is 13.6. The quantitative estimate of drug-likeness (QED) is 0.637. The Hall–Kier alpha value is -2.99. The molecule has 2 amide bonds. The van der Waals surface area contributed by atoms with Gasteiger partial charge in [-0.05, 0) is 30.2 Å². The zero-order chi connectivity index (χ0) is 19.9. The third kappa shape index (κ3) is 4.84. The summed E-state index contributed by atoms with van der Waals surface area (Å²) in [5, 5.41) is 6.60. The molecule has 6 nitrogen and oxygen atoms in total. The largest absolute Gasteiger partial charge is 0.496 e. The molecule has 3 aromatic rings. The van der Waals surface area contributed by atoms with Gasteiger partial charge >= 0.3 is 6.03 Å². The van der Waals surface area contributed by atoms with Gasteiger partial charge in [0.05, 0.1) is 7.11 Å². The van der Waals surface area contributed by atoms with E-state index in [9.17, 15) is 4.79 Å². The van der Waals surface area contributed by atoms with Gasteiger partial charge in [0.2, 0.25) is 0 Å². The molecule has 0 aliphatic carbocycles. The fourth-order valence-electron chi connectivity index (χ4n) is 3.04. The fourth-order valence-corrected chi connectivity index (χ4v) is 3.25. The van der Waals surface area contributed by atoms with E-state index in [4.69, 9.17) is 16.3 Å². The van der Waals surface area contributed by atoms with Crippen LogP contribution in [0.25, 0.3) is 0 Å². The summed E-state index contributed by atoms with van der Waals surface area (Å²) in [6.45, 7) is 0.491. The summed E-state index contributed by atoms with van der Waals surface area (Å²) in [4.78, 5) is 17.0. The minimum absolute atomic E-state index is 0.277. The van der Waals surface area contributed by atoms with E-state index >= 15 is 0 Å². The number of para-hydroxylation sites is 1. The summed E-state index contributed by atoms with van der Waals surface area (Å²) < 4.78 is 7.35. The molecule has 7 heteroatoms. The molecule has 0 fully saturated rings. The van der Waals surface area contributed by atoms with E-state index < -0.39 is 6.04 Å². The number of ether oxygens (including phenoxy) is 1. The molecule has 1 atom stereocenters. The SMILES string of the molecule is COc1ccccc1C(NC(=O)NCCc1cccc(Cl)c1)c1nccn1C. The maximum Gasteiger partial charge on any atom is 0.315 e. The Kier molecular flexibility index (Phi) is 6.55. The zero-order valence-electron chi connectivity index (χ0n) is 15.9. The van der Waals surface area contributed by atoms with Crippen molar-refractivity contribution >= 4 is 17.6 Å². The lowest BCUT2D eigenvalue weighted by molar-refractivity contribution is 0.238. The van der Waals surface area contributed by atoms with Crippen molar-refractivity contribution in [1.82, 2.24) is 20.2 Å². The molecule has 0 saturated heterocycles. The molecule has 1 aromatic heterocycles. The van der Waals surface area contributed by atoms with E-state index in [0.717, 1.165) is 17.0 Å². The van der Waals surface area contributed by atoms with Crippen molar-refractivity contribution in [3.8, 4) is 5.75 Å². The second-order valence-corrected chi connectivity index (χ2v) is 6.79. The number of amides is 2. The molecular weight excluding hydrogens is 376 g/mol. The number of methoxy groups -OCH3 is 1. The molecule has 0 spiro atoms. The summed E-state index contributed by atoms with van der Waals surface area (Å²) in [7, 11) is 3.50.